The number of hydrogen-bond acceptors (Lipinski definition) is 8. The normalized spacial score (nSPS) is 11.9. The van der Waals surface area contributed by atoms with Gasteiger partial charge in [-0.1, -0.05) is 6.07 Å². The number of carbonyl (C=O) groups is 1. The molecule has 28 heavy (non-hydrogen) atoms. The minimum Gasteiger partial charge on any atom is -0.507 e. The Morgan fingerprint density at radius 1 is 1.00 bits per heavy atom. The van der Waals surface area contributed by atoms with Gasteiger partial charge in [-0.05, 0) is 41.8 Å². The van der Waals surface area contributed by atoms with Crippen molar-refractivity contribution >= 4 is 49.6 Å². The summed E-state index contributed by atoms with van der Waals surface area (Å²) in [6, 6.07) is 8.93. The number of rotatable bonds is 4. The Labute approximate surface area is 158 Å². The predicted molar refractivity (Wildman–Crippen MR) is 102 cm³/mol. The van der Waals surface area contributed by atoms with Crippen LogP contribution in [0, 0.1) is 0 Å². The third-order valence-corrected chi connectivity index (χ3v) is 4.75. The van der Waals surface area contributed by atoms with E-state index in [1.807, 2.05) is 0 Å². The van der Waals surface area contributed by atoms with Crippen molar-refractivity contribution in [3.8, 4) is 5.75 Å². The molecule has 3 aromatic carbocycles. The first-order valence-corrected chi connectivity index (χ1v) is 9.09. The van der Waals surface area contributed by atoms with Crippen molar-refractivity contribution in [1.82, 2.24) is 0 Å². The van der Waals surface area contributed by atoms with Crippen molar-refractivity contribution < 1.29 is 28.0 Å². The van der Waals surface area contributed by atoms with Gasteiger partial charge < -0.3 is 21.7 Å². The van der Waals surface area contributed by atoms with Crippen molar-refractivity contribution in [1.29, 1.82) is 0 Å². The molecule has 144 valence electrons. The lowest BCUT2D eigenvalue weighted by molar-refractivity contribution is 0.0696. The molecule has 0 unspecified atom stereocenters. The lowest BCUT2D eigenvalue weighted by Crippen LogP contribution is -1.99. The van der Waals surface area contributed by atoms with E-state index < -0.39 is 21.0 Å². The molecule has 0 aliphatic rings. The number of aromatic carboxylic acids is 1. The molecule has 0 saturated heterocycles. The van der Waals surface area contributed by atoms with E-state index in [-0.39, 0.29) is 39.4 Å². The fraction of sp³-hybridized carbons (Fsp3) is 0. The lowest BCUT2D eigenvalue weighted by Gasteiger charge is -2.09. The molecule has 0 aromatic heterocycles. The number of carboxylic acids is 1. The summed E-state index contributed by atoms with van der Waals surface area (Å²) in [5, 5.41) is 27.6. The molecule has 11 heteroatoms. The molecule has 0 bridgehead atoms. The summed E-state index contributed by atoms with van der Waals surface area (Å²) >= 11 is 0. The van der Waals surface area contributed by atoms with Crippen LogP contribution in [0.1, 0.15) is 10.4 Å². The third-order valence-electron chi connectivity index (χ3n) is 3.87. The van der Waals surface area contributed by atoms with Crippen molar-refractivity contribution in [3.05, 3.63) is 48.0 Å². The lowest BCUT2D eigenvalue weighted by atomic mass is 10.0. The monoisotopic (exact) mass is 402 g/mol. The first-order valence-electron chi connectivity index (χ1n) is 7.65. The molecule has 10 nitrogen and oxygen atoms in total. The third kappa shape index (κ3) is 3.56. The minimum absolute atomic E-state index is 0.00468. The topological polar surface area (TPSA) is 189 Å². The number of phenolic OH excluding ortho intramolecular Hbond substituents is 1. The van der Waals surface area contributed by atoms with Crippen LogP contribution in [0.4, 0.5) is 22.7 Å². The fourth-order valence-corrected chi connectivity index (χ4v) is 3.25. The van der Waals surface area contributed by atoms with E-state index in [0.29, 0.717) is 5.39 Å². The summed E-state index contributed by atoms with van der Waals surface area (Å²) in [4.78, 5) is 10.6. The molecule has 0 aliphatic carbocycles. The molecule has 0 saturated carbocycles. The standard InChI is InChI=1S/C17H14N4O6S/c18-10-2-4-12(14(7-10)28(25,26)27)20-21-16-11(19)3-1-8-5-9(17(23)24)6-13(22)15(8)16/h1-7,22H,18-19H2,(H,23,24)(H,25,26,27). The highest BCUT2D eigenvalue weighted by Gasteiger charge is 2.17. The van der Waals surface area contributed by atoms with Crippen LogP contribution in [-0.4, -0.2) is 29.2 Å². The Kier molecular flexibility index (Phi) is 4.63. The number of fused-ring (bicyclic) bond motifs is 1. The molecule has 3 aromatic rings. The van der Waals surface area contributed by atoms with Gasteiger partial charge in [0.05, 0.1) is 16.6 Å². The minimum atomic E-state index is -4.62. The Morgan fingerprint density at radius 3 is 2.36 bits per heavy atom. The Balaban J connectivity index is 2.21. The van der Waals surface area contributed by atoms with Gasteiger partial charge >= 0.3 is 5.97 Å². The molecule has 0 spiro atoms. The number of anilines is 2. The van der Waals surface area contributed by atoms with Crippen molar-refractivity contribution in [2.24, 2.45) is 10.2 Å². The van der Waals surface area contributed by atoms with Gasteiger partial charge in [0, 0.05) is 5.69 Å². The summed E-state index contributed by atoms with van der Waals surface area (Å²) in [6.45, 7) is 0. The summed E-state index contributed by atoms with van der Waals surface area (Å²) in [6.07, 6.45) is 0. The predicted octanol–water partition coefficient (Wildman–Crippen LogP) is 3.07. The van der Waals surface area contributed by atoms with E-state index in [4.69, 9.17) is 16.6 Å². The Bertz CT molecular complexity index is 1250. The van der Waals surface area contributed by atoms with Crippen LogP contribution < -0.4 is 11.5 Å². The van der Waals surface area contributed by atoms with Crippen LogP contribution in [0.5, 0.6) is 5.75 Å². The van der Waals surface area contributed by atoms with Gasteiger partial charge in [-0.25, -0.2) is 4.79 Å². The zero-order valence-corrected chi connectivity index (χ0v) is 14.9. The van der Waals surface area contributed by atoms with Gasteiger partial charge in [0.25, 0.3) is 10.1 Å². The number of benzene rings is 3. The number of nitrogens with zero attached hydrogens (tertiary/aromatic N) is 2. The first-order chi connectivity index (χ1) is 13.1. The smallest absolute Gasteiger partial charge is 0.335 e. The number of carboxylic acid groups (broad SMARTS) is 1. The van der Waals surface area contributed by atoms with Gasteiger partial charge in [-0.15, -0.1) is 10.2 Å². The van der Waals surface area contributed by atoms with Crippen LogP contribution in [0.25, 0.3) is 10.8 Å². The van der Waals surface area contributed by atoms with Crippen LogP contribution in [0.2, 0.25) is 0 Å². The summed E-state index contributed by atoms with van der Waals surface area (Å²) < 4.78 is 32.4. The second kappa shape index (κ2) is 6.79. The number of phenols is 1. The molecule has 0 heterocycles. The molecular formula is C17H14N4O6S. The highest BCUT2D eigenvalue weighted by Crippen LogP contribution is 2.40. The number of aromatic hydroxyl groups is 1. The second-order valence-corrected chi connectivity index (χ2v) is 7.19. The van der Waals surface area contributed by atoms with E-state index in [9.17, 15) is 22.9 Å². The molecule has 0 atom stereocenters. The molecule has 0 fully saturated rings. The van der Waals surface area contributed by atoms with E-state index in [1.165, 1.54) is 30.3 Å². The molecule has 7 N–H and O–H groups in total. The maximum atomic E-state index is 11.5. The number of azo groups is 1. The molecule has 0 radical (unpaired) electrons. The second-order valence-electron chi connectivity index (χ2n) is 5.80. The molecule has 3 rings (SSSR count). The molecular weight excluding hydrogens is 388 g/mol. The summed E-state index contributed by atoms with van der Waals surface area (Å²) in [5.41, 5.74) is 11.3. The van der Waals surface area contributed by atoms with Gasteiger partial charge in [0.15, 0.2) is 0 Å². The van der Waals surface area contributed by atoms with Gasteiger partial charge in [-0.3, -0.25) is 4.55 Å². The van der Waals surface area contributed by atoms with E-state index in [0.717, 1.165) is 12.1 Å². The van der Waals surface area contributed by atoms with E-state index in [1.54, 1.807) is 0 Å². The maximum Gasteiger partial charge on any atom is 0.335 e. The summed E-state index contributed by atoms with van der Waals surface area (Å²) in [7, 11) is -4.62. The Morgan fingerprint density at radius 2 is 1.71 bits per heavy atom. The van der Waals surface area contributed by atoms with E-state index in [2.05, 4.69) is 10.2 Å². The summed E-state index contributed by atoms with van der Waals surface area (Å²) in [5.74, 6) is -1.61. The Hall–Kier alpha value is -3.70. The fourth-order valence-electron chi connectivity index (χ4n) is 2.60. The highest BCUT2D eigenvalue weighted by molar-refractivity contribution is 7.86. The quantitative estimate of drug-likeness (QED) is 0.250. The van der Waals surface area contributed by atoms with Crippen LogP contribution >= 0.6 is 0 Å². The zero-order valence-electron chi connectivity index (χ0n) is 14.1. The van der Waals surface area contributed by atoms with Crippen LogP contribution in [-0.2, 0) is 10.1 Å². The average molecular weight is 402 g/mol. The number of nitrogens with two attached hydrogens (primary N) is 2. The van der Waals surface area contributed by atoms with Crippen LogP contribution in [0.15, 0.2) is 57.6 Å². The van der Waals surface area contributed by atoms with Crippen molar-refractivity contribution in [3.63, 3.8) is 0 Å². The van der Waals surface area contributed by atoms with Gasteiger partial charge in [0.1, 0.15) is 22.0 Å². The molecule has 0 aliphatic heterocycles. The zero-order chi connectivity index (χ0) is 20.6. The largest absolute Gasteiger partial charge is 0.507 e. The highest BCUT2D eigenvalue weighted by atomic mass is 32.2. The number of nitrogen functional groups attached to an aromatic ring is 2. The average Bonchev–Trinajstić information content (AvgIpc) is 2.61. The van der Waals surface area contributed by atoms with Gasteiger partial charge in [0.2, 0.25) is 0 Å². The van der Waals surface area contributed by atoms with Crippen molar-refractivity contribution in [2.75, 3.05) is 11.5 Å². The van der Waals surface area contributed by atoms with Crippen molar-refractivity contribution in [2.45, 2.75) is 4.90 Å². The maximum absolute atomic E-state index is 11.5. The first kappa shape index (κ1) is 19.1. The van der Waals surface area contributed by atoms with Crippen LogP contribution in [0.3, 0.4) is 0 Å². The SMILES string of the molecule is Nc1ccc(N=Nc2c(N)ccc3cc(C(=O)O)cc(O)c23)c(S(=O)(=O)O)c1. The molecule has 0 amide bonds. The van der Waals surface area contributed by atoms with E-state index >= 15 is 0 Å². The van der Waals surface area contributed by atoms with Gasteiger partial charge in [-0.2, -0.15) is 8.42 Å². The number of hydrogen-bond donors (Lipinski definition) is 5.